The van der Waals surface area contributed by atoms with Crippen LogP contribution in [-0.2, 0) is 10.4 Å². The normalized spacial score (nSPS) is 9.45. The van der Waals surface area contributed by atoms with Gasteiger partial charge in [0.2, 0.25) is 10.4 Å². The van der Waals surface area contributed by atoms with Crippen LogP contribution < -0.4 is 11.5 Å². The lowest BCUT2D eigenvalue weighted by molar-refractivity contribution is -0.466. The molecule has 0 aromatic rings. The van der Waals surface area contributed by atoms with Gasteiger partial charge in [-0.1, -0.05) is 0 Å². The fraction of sp³-hybridized carbons (Fsp3) is 0.667. The van der Waals surface area contributed by atoms with E-state index in [9.17, 15) is 0 Å². The van der Waals surface area contributed by atoms with Gasteiger partial charge in [0, 0.05) is 0 Å². The Labute approximate surface area is 64.9 Å². The maximum absolute atomic E-state index is 8.63. The van der Waals surface area contributed by atoms with E-state index < -0.39 is 10.4 Å². The first-order valence-corrected chi connectivity index (χ1v) is 3.74. The molecule has 8 heteroatoms. The van der Waals surface area contributed by atoms with E-state index in [1.807, 2.05) is 0 Å². The van der Waals surface area contributed by atoms with Crippen molar-refractivity contribution >= 4 is 16.4 Å². The Balaban J connectivity index is 0. The highest BCUT2D eigenvalue weighted by Crippen LogP contribution is 1.58. The molecule has 0 unspecified atom stereocenters. The summed E-state index contributed by atoms with van der Waals surface area (Å²) in [6, 6.07) is 0. The summed E-state index contributed by atoms with van der Waals surface area (Å²) in [6.07, 6.45) is 0. The summed E-state index contributed by atoms with van der Waals surface area (Å²) in [5.41, 5.74) is 10.1. The van der Waals surface area contributed by atoms with Gasteiger partial charge in [0.15, 0.2) is 0 Å². The molecule has 0 aliphatic heterocycles. The smallest absolute Gasteiger partial charge is 0.340 e. The van der Waals surface area contributed by atoms with Gasteiger partial charge >= 0.3 is 5.96 Å². The van der Waals surface area contributed by atoms with Gasteiger partial charge in [0.05, 0.1) is 14.1 Å². The maximum Gasteiger partial charge on any atom is 0.340 e. The van der Waals surface area contributed by atoms with Crippen molar-refractivity contribution in [3.8, 4) is 0 Å². The molecule has 0 saturated carbocycles. The second-order valence-corrected chi connectivity index (χ2v) is 2.60. The van der Waals surface area contributed by atoms with Crippen molar-refractivity contribution in [3.63, 3.8) is 0 Å². The van der Waals surface area contributed by atoms with E-state index in [2.05, 4.69) is 0 Å². The average molecular weight is 185 g/mol. The zero-order chi connectivity index (χ0) is 9.65. The van der Waals surface area contributed by atoms with E-state index in [1.54, 1.807) is 18.7 Å². The van der Waals surface area contributed by atoms with Crippen molar-refractivity contribution in [1.82, 2.24) is 0 Å². The Morgan fingerprint density at radius 3 is 1.55 bits per heavy atom. The predicted octanol–water partition coefficient (Wildman–Crippen LogP) is -2.46. The minimum Gasteiger partial charge on any atom is -0.726 e. The molecule has 11 heavy (non-hydrogen) atoms. The minimum atomic E-state index is -4.92. The van der Waals surface area contributed by atoms with Crippen LogP contribution in [0.15, 0.2) is 0 Å². The van der Waals surface area contributed by atoms with E-state index in [-0.39, 0.29) is 0 Å². The van der Waals surface area contributed by atoms with Gasteiger partial charge in [-0.3, -0.25) is 20.6 Å². The molecule has 0 bridgehead atoms. The van der Waals surface area contributed by atoms with Crippen molar-refractivity contribution in [2.75, 3.05) is 14.1 Å². The number of nitrogens with two attached hydrogens (primary N) is 2. The van der Waals surface area contributed by atoms with Crippen LogP contribution in [0.4, 0.5) is 0 Å². The lowest BCUT2D eigenvalue weighted by atomic mass is 10.9. The number of nitrogens with zero attached hydrogens (tertiary/aromatic N) is 1. The zero-order valence-electron chi connectivity index (χ0n) is 6.18. The Morgan fingerprint density at radius 1 is 1.45 bits per heavy atom. The quantitative estimate of drug-likeness (QED) is 0.126. The number of hydrogen-bond acceptors (Lipinski definition) is 3. The van der Waals surface area contributed by atoms with E-state index >= 15 is 0 Å². The summed E-state index contributed by atoms with van der Waals surface area (Å²) >= 11 is 0. The molecular weight excluding hydrogens is 174 g/mol. The molecule has 0 fully saturated rings. The van der Waals surface area contributed by atoms with Crippen LogP contribution in [0.25, 0.3) is 0 Å². The maximum atomic E-state index is 8.63. The largest absolute Gasteiger partial charge is 0.726 e. The van der Waals surface area contributed by atoms with Crippen molar-refractivity contribution < 1.29 is 22.1 Å². The summed E-state index contributed by atoms with van der Waals surface area (Å²) in [4.78, 5) is 0. The molecule has 0 heterocycles. The molecule has 5 N–H and O–H groups in total. The molecule has 0 aliphatic rings. The SMILES string of the molecule is C[N+](C)=C(N)N.O=S(=O)([O-])O. The molecule has 0 radical (unpaired) electrons. The zero-order valence-corrected chi connectivity index (χ0v) is 7.00. The van der Waals surface area contributed by atoms with E-state index in [0.29, 0.717) is 5.96 Å². The van der Waals surface area contributed by atoms with Crippen LogP contribution in [0.5, 0.6) is 0 Å². The number of hydrogen-bond donors (Lipinski definition) is 3. The summed E-state index contributed by atoms with van der Waals surface area (Å²) in [6.45, 7) is 0. The Kier molecular flexibility index (Phi) is 5.67. The molecule has 0 aromatic heterocycles. The van der Waals surface area contributed by atoms with Crippen LogP contribution in [-0.4, -0.2) is 42.2 Å². The molecular formula is C3H11N3O4S. The minimum absolute atomic E-state index is 0.343. The van der Waals surface area contributed by atoms with Crippen molar-refractivity contribution in [1.29, 1.82) is 0 Å². The van der Waals surface area contributed by atoms with Gasteiger partial charge in [-0.15, -0.1) is 0 Å². The number of guanidine groups is 1. The Bertz CT molecular complexity index is 205. The van der Waals surface area contributed by atoms with Gasteiger partial charge in [-0.25, -0.2) is 8.42 Å². The molecule has 0 saturated heterocycles. The first-order valence-electron chi connectivity index (χ1n) is 2.38. The van der Waals surface area contributed by atoms with E-state index in [0.717, 1.165) is 0 Å². The van der Waals surface area contributed by atoms with Crippen LogP contribution in [0, 0.1) is 0 Å². The van der Waals surface area contributed by atoms with Gasteiger partial charge < -0.3 is 4.55 Å². The lowest BCUT2D eigenvalue weighted by Gasteiger charge is -1.88. The highest BCUT2D eigenvalue weighted by atomic mass is 32.3. The summed E-state index contributed by atoms with van der Waals surface area (Å²) in [5.74, 6) is 0.343. The molecule has 68 valence electrons. The fourth-order valence-corrected chi connectivity index (χ4v) is 0. The second-order valence-electron chi connectivity index (χ2n) is 1.75. The van der Waals surface area contributed by atoms with Gasteiger partial charge in [-0.05, 0) is 0 Å². The molecule has 7 nitrogen and oxygen atoms in total. The highest BCUT2D eigenvalue weighted by Gasteiger charge is 1.82. The molecule has 0 amide bonds. The third-order valence-electron chi connectivity index (χ3n) is 0.516. The topological polar surface area (TPSA) is 132 Å². The Hall–Kier alpha value is -0.860. The lowest BCUT2D eigenvalue weighted by Crippen LogP contribution is -2.31. The van der Waals surface area contributed by atoms with Crippen molar-refractivity contribution in [2.45, 2.75) is 0 Å². The van der Waals surface area contributed by atoms with Gasteiger partial charge in [0.25, 0.3) is 0 Å². The van der Waals surface area contributed by atoms with E-state index in [4.69, 9.17) is 29.0 Å². The number of rotatable bonds is 0. The van der Waals surface area contributed by atoms with Gasteiger partial charge in [-0.2, -0.15) is 0 Å². The summed E-state index contributed by atoms with van der Waals surface area (Å²) in [5, 5.41) is 0. The van der Waals surface area contributed by atoms with Crippen LogP contribution in [0.1, 0.15) is 0 Å². The second kappa shape index (κ2) is 4.88. The van der Waals surface area contributed by atoms with Crippen molar-refractivity contribution in [3.05, 3.63) is 0 Å². The van der Waals surface area contributed by atoms with Gasteiger partial charge in [0.1, 0.15) is 0 Å². The third kappa shape index (κ3) is 47.3. The molecule has 0 spiro atoms. The predicted molar refractivity (Wildman–Crippen MR) is 37.8 cm³/mol. The molecule has 0 aromatic carbocycles. The standard InChI is InChI=1S/C3H9N3.H2O4S/c1-6(2)3(4)5;1-5(2,3)4/h1-2H3,(H3,4,5);(H2,1,2,3,4). The highest BCUT2D eigenvalue weighted by molar-refractivity contribution is 7.79. The fourth-order valence-electron chi connectivity index (χ4n) is 0. The average Bonchev–Trinajstić information content (AvgIpc) is 1.59. The molecule has 0 rings (SSSR count). The summed E-state index contributed by atoms with van der Waals surface area (Å²) in [7, 11) is -1.34. The van der Waals surface area contributed by atoms with Crippen LogP contribution in [0.3, 0.4) is 0 Å². The van der Waals surface area contributed by atoms with Crippen LogP contribution in [0.2, 0.25) is 0 Å². The Morgan fingerprint density at radius 2 is 1.55 bits per heavy atom. The summed E-state index contributed by atoms with van der Waals surface area (Å²) < 4.78 is 34.5. The first kappa shape index (κ1) is 12.8. The first-order chi connectivity index (χ1) is 4.64. The monoisotopic (exact) mass is 185 g/mol. The van der Waals surface area contributed by atoms with Crippen LogP contribution >= 0.6 is 0 Å². The van der Waals surface area contributed by atoms with Crippen molar-refractivity contribution in [2.24, 2.45) is 11.5 Å². The third-order valence-corrected chi connectivity index (χ3v) is 0.516. The van der Waals surface area contributed by atoms with E-state index in [1.165, 1.54) is 0 Å². The molecule has 0 atom stereocenters. The molecule has 0 aliphatic carbocycles.